The SMILES string of the molecule is Cc1ccc(-c2cc(=O)n(CC(=O)Nc3ccc(F)c([N+](=O)[O-])c3)cn2)cc1. The van der Waals surface area contributed by atoms with E-state index in [2.05, 4.69) is 10.3 Å². The Balaban J connectivity index is 1.74. The fourth-order valence-electron chi connectivity index (χ4n) is 2.51. The predicted octanol–water partition coefficient (Wildman–Crippen LogP) is 2.90. The summed E-state index contributed by atoms with van der Waals surface area (Å²) in [5.41, 5.74) is 1.21. The number of benzene rings is 2. The fourth-order valence-corrected chi connectivity index (χ4v) is 2.51. The molecule has 2 aromatic carbocycles. The van der Waals surface area contributed by atoms with Crippen LogP contribution in [0.15, 0.2) is 59.7 Å². The molecule has 0 fully saturated rings. The molecule has 3 rings (SSSR count). The van der Waals surface area contributed by atoms with Gasteiger partial charge in [-0.3, -0.25) is 24.3 Å². The summed E-state index contributed by atoms with van der Waals surface area (Å²) in [5.74, 6) is -1.61. The number of halogens is 1. The lowest BCUT2D eigenvalue weighted by Gasteiger charge is -2.08. The van der Waals surface area contributed by atoms with Crippen molar-refractivity contribution in [3.63, 3.8) is 0 Å². The lowest BCUT2D eigenvalue weighted by Crippen LogP contribution is -2.27. The number of hydrogen-bond donors (Lipinski definition) is 1. The largest absolute Gasteiger partial charge is 0.324 e. The summed E-state index contributed by atoms with van der Waals surface area (Å²) in [5, 5.41) is 13.2. The first-order valence-corrected chi connectivity index (χ1v) is 8.21. The highest BCUT2D eigenvalue weighted by Gasteiger charge is 2.15. The molecule has 8 nitrogen and oxygen atoms in total. The molecule has 142 valence electrons. The second-order valence-electron chi connectivity index (χ2n) is 6.08. The van der Waals surface area contributed by atoms with Crippen LogP contribution in [-0.4, -0.2) is 20.4 Å². The summed E-state index contributed by atoms with van der Waals surface area (Å²) in [7, 11) is 0. The van der Waals surface area contributed by atoms with E-state index in [4.69, 9.17) is 0 Å². The molecule has 0 radical (unpaired) electrons. The highest BCUT2D eigenvalue weighted by molar-refractivity contribution is 5.90. The van der Waals surface area contributed by atoms with Crippen molar-refractivity contribution >= 4 is 17.3 Å². The van der Waals surface area contributed by atoms with Crippen molar-refractivity contribution in [1.29, 1.82) is 0 Å². The first-order chi connectivity index (χ1) is 13.3. The van der Waals surface area contributed by atoms with Gasteiger partial charge in [0.1, 0.15) is 6.54 Å². The van der Waals surface area contributed by atoms with Gasteiger partial charge in [-0.1, -0.05) is 29.8 Å². The van der Waals surface area contributed by atoms with E-state index in [1.54, 1.807) is 0 Å². The molecule has 0 atom stereocenters. The van der Waals surface area contributed by atoms with E-state index in [0.717, 1.165) is 27.8 Å². The normalized spacial score (nSPS) is 10.5. The van der Waals surface area contributed by atoms with Gasteiger partial charge in [-0.05, 0) is 19.1 Å². The van der Waals surface area contributed by atoms with Gasteiger partial charge in [-0.25, -0.2) is 4.98 Å². The average molecular weight is 382 g/mol. The second kappa shape index (κ2) is 7.78. The van der Waals surface area contributed by atoms with Crippen LogP contribution in [0.2, 0.25) is 0 Å². The van der Waals surface area contributed by atoms with Gasteiger partial charge in [0.05, 0.1) is 16.9 Å². The van der Waals surface area contributed by atoms with Crippen LogP contribution in [-0.2, 0) is 11.3 Å². The number of hydrogen-bond acceptors (Lipinski definition) is 5. The zero-order valence-electron chi connectivity index (χ0n) is 14.8. The molecule has 1 aromatic heterocycles. The zero-order chi connectivity index (χ0) is 20.3. The number of carbonyl (C=O) groups excluding carboxylic acids is 1. The summed E-state index contributed by atoms with van der Waals surface area (Å²) in [6, 6.07) is 11.8. The summed E-state index contributed by atoms with van der Waals surface area (Å²) < 4.78 is 14.5. The smallest absolute Gasteiger partial charge is 0.306 e. The molecule has 1 N–H and O–H groups in total. The van der Waals surface area contributed by atoms with Crippen molar-refractivity contribution in [3.05, 3.63) is 86.7 Å². The summed E-state index contributed by atoms with van der Waals surface area (Å²) in [6.07, 6.45) is 1.25. The van der Waals surface area contributed by atoms with E-state index in [1.807, 2.05) is 31.2 Å². The molecule has 1 heterocycles. The lowest BCUT2D eigenvalue weighted by atomic mass is 10.1. The Labute approximate surface area is 158 Å². The van der Waals surface area contributed by atoms with Crippen molar-refractivity contribution in [1.82, 2.24) is 9.55 Å². The van der Waals surface area contributed by atoms with Crippen LogP contribution >= 0.6 is 0 Å². The predicted molar refractivity (Wildman–Crippen MR) is 100 cm³/mol. The van der Waals surface area contributed by atoms with E-state index in [9.17, 15) is 24.1 Å². The van der Waals surface area contributed by atoms with E-state index in [1.165, 1.54) is 18.5 Å². The molecule has 0 spiro atoms. The molecule has 0 saturated heterocycles. The quantitative estimate of drug-likeness (QED) is 0.539. The maximum atomic E-state index is 13.3. The maximum absolute atomic E-state index is 13.3. The molecular weight excluding hydrogens is 367 g/mol. The standard InChI is InChI=1S/C19H15FN4O4/c1-12-2-4-13(5-3-12)16-9-19(26)23(11-21-16)10-18(25)22-14-6-7-15(20)17(8-14)24(27)28/h2-9,11H,10H2,1H3,(H,22,25). The molecule has 9 heteroatoms. The van der Waals surface area contributed by atoms with Crippen molar-refractivity contribution in [2.75, 3.05) is 5.32 Å². The van der Waals surface area contributed by atoms with Gasteiger partial charge in [0.2, 0.25) is 11.7 Å². The first kappa shape index (κ1) is 18.9. The van der Waals surface area contributed by atoms with Crippen LogP contribution in [0.4, 0.5) is 15.8 Å². The van der Waals surface area contributed by atoms with Crippen LogP contribution in [0.25, 0.3) is 11.3 Å². The lowest BCUT2D eigenvalue weighted by molar-refractivity contribution is -0.387. The van der Waals surface area contributed by atoms with Gasteiger partial charge in [0, 0.05) is 23.4 Å². The topological polar surface area (TPSA) is 107 Å². The number of rotatable bonds is 5. The Kier molecular flexibility index (Phi) is 5.25. The molecule has 1 amide bonds. The molecule has 0 unspecified atom stereocenters. The van der Waals surface area contributed by atoms with Crippen LogP contribution in [0.1, 0.15) is 5.56 Å². The summed E-state index contributed by atoms with van der Waals surface area (Å²) >= 11 is 0. The minimum Gasteiger partial charge on any atom is -0.324 e. The number of anilines is 1. The van der Waals surface area contributed by atoms with Crippen LogP contribution < -0.4 is 10.9 Å². The third-order valence-corrected chi connectivity index (χ3v) is 3.97. The number of nitro benzene ring substituents is 1. The number of aromatic nitrogens is 2. The molecule has 0 aliphatic rings. The van der Waals surface area contributed by atoms with E-state index in [0.29, 0.717) is 5.69 Å². The number of amides is 1. The van der Waals surface area contributed by atoms with Crippen molar-refractivity contribution < 1.29 is 14.1 Å². The summed E-state index contributed by atoms with van der Waals surface area (Å²) in [6.45, 7) is 1.61. The Morgan fingerprint density at radius 2 is 1.93 bits per heavy atom. The summed E-state index contributed by atoms with van der Waals surface area (Å²) in [4.78, 5) is 38.5. The second-order valence-corrected chi connectivity index (χ2v) is 6.08. The Hall–Kier alpha value is -3.88. The molecule has 0 saturated carbocycles. The zero-order valence-corrected chi connectivity index (χ0v) is 14.8. The van der Waals surface area contributed by atoms with Crippen LogP contribution in [0, 0.1) is 22.9 Å². The van der Waals surface area contributed by atoms with E-state index < -0.39 is 27.9 Å². The molecule has 3 aromatic rings. The maximum Gasteiger partial charge on any atom is 0.306 e. The third-order valence-electron chi connectivity index (χ3n) is 3.97. The van der Waals surface area contributed by atoms with E-state index >= 15 is 0 Å². The van der Waals surface area contributed by atoms with Gasteiger partial charge < -0.3 is 5.32 Å². The number of nitrogens with zero attached hydrogens (tertiary/aromatic N) is 3. The van der Waals surface area contributed by atoms with Crippen molar-refractivity contribution in [3.8, 4) is 11.3 Å². The Morgan fingerprint density at radius 1 is 1.21 bits per heavy atom. The van der Waals surface area contributed by atoms with Gasteiger partial charge in [-0.15, -0.1) is 0 Å². The monoisotopic (exact) mass is 382 g/mol. The van der Waals surface area contributed by atoms with Gasteiger partial charge in [0.25, 0.3) is 5.56 Å². The van der Waals surface area contributed by atoms with Crippen molar-refractivity contribution in [2.45, 2.75) is 13.5 Å². The third kappa shape index (κ3) is 4.26. The van der Waals surface area contributed by atoms with E-state index in [-0.39, 0.29) is 12.2 Å². The highest BCUT2D eigenvalue weighted by atomic mass is 19.1. The number of nitrogens with one attached hydrogen (secondary N) is 1. The minimum atomic E-state index is -1.00. The Bertz CT molecular complexity index is 1110. The molecule has 0 aliphatic carbocycles. The van der Waals surface area contributed by atoms with Crippen LogP contribution in [0.3, 0.4) is 0 Å². The fraction of sp³-hybridized carbons (Fsp3) is 0.105. The molecule has 0 aliphatic heterocycles. The first-order valence-electron chi connectivity index (χ1n) is 8.21. The van der Waals surface area contributed by atoms with Gasteiger partial charge >= 0.3 is 5.69 Å². The number of nitro groups is 1. The minimum absolute atomic E-state index is 0.0513. The van der Waals surface area contributed by atoms with Gasteiger partial charge in [0.15, 0.2) is 0 Å². The molecule has 28 heavy (non-hydrogen) atoms. The van der Waals surface area contributed by atoms with Crippen LogP contribution in [0.5, 0.6) is 0 Å². The molecule has 0 bridgehead atoms. The number of carbonyl (C=O) groups is 1. The highest BCUT2D eigenvalue weighted by Crippen LogP contribution is 2.21. The Morgan fingerprint density at radius 3 is 2.57 bits per heavy atom. The van der Waals surface area contributed by atoms with Gasteiger partial charge in [-0.2, -0.15) is 4.39 Å². The number of aryl methyl sites for hydroxylation is 1. The van der Waals surface area contributed by atoms with Crippen molar-refractivity contribution in [2.24, 2.45) is 0 Å². The average Bonchev–Trinajstić information content (AvgIpc) is 2.65. The molecular formula is C19H15FN4O4.